The lowest BCUT2D eigenvalue weighted by atomic mass is 10.2. The topological polar surface area (TPSA) is 131 Å². The van der Waals surface area contributed by atoms with E-state index in [1.807, 2.05) is 0 Å². The Morgan fingerprint density at radius 3 is 2.17 bits per heavy atom. The van der Waals surface area contributed by atoms with Crippen LogP contribution in [0.2, 0.25) is 0 Å². The first-order valence-electron chi connectivity index (χ1n) is 12.8. The zero-order valence-electron chi connectivity index (χ0n) is 23.3. The Kier molecular flexibility index (Phi) is 10.9. The SMILES string of the molecule is C.CCOC(=O)CCc1cn(-c2ccc(S(=O)(=O)N(C)C)cc2)c(=O)c(N2CCN(C(=O)OC(C)(C)C)CC2)n1. The van der Waals surface area contributed by atoms with E-state index in [0.29, 0.717) is 37.6 Å². The molecule has 0 radical (unpaired) electrons. The molecule has 1 aliphatic rings. The number of hydrogen-bond donors (Lipinski definition) is 0. The Balaban J connectivity index is 0.00000560. The van der Waals surface area contributed by atoms with Crippen molar-refractivity contribution in [1.29, 1.82) is 0 Å². The molecule has 13 heteroatoms. The molecule has 1 amide bonds. The molecular weight excluding hydrogens is 538 g/mol. The van der Waals surface area contributed by atoms with Gasteiger partial charge in [0, 0.05) is 58.6 Å². The molecule has 0 saturated carbocycles. The van der Waals surface area contributed by atoms with Crippen LogP contribution in [-0.2, 0) is 30.7 Å². The molecule has 0 spiro atoms. The number of carbonyl (C=O) groups is 2. The average Bonchev–Trinajstić information content (AvgIpc) is 2.87. The lowest BCUT2D eigenvalue weighted by molar-refractivity contribution is -0.143. The van der Waals surface area contributed by atoms with Crippen LogP contribution in [-0.4, -0.2) is 91.7 Å². The third-order valence-electron chi connectivity index (χ3n) is 5.95. The zero-order valence-corrected chi connectivity index (χ0v) is 24.2. The van der Waals surface area contributed by atoms with Gasteiger partial charge in [-0.3, -0.25) is 14.2 Å². The number of aryl methyl sites for hydroxylation is 1. The van der Waals surface area contributed by atoms with Crippen molar-refractivity contribution in [2.45, 2.75) is 58.5 Å². The number of esters is 1. The fourth-order valence-electron chi connectivity index (χ4n) is 3.93. The fraction of sp³-hybridized carbons (Fsp3) is 0.556. The maximum atomic E-state index is 13.6. The zero-order chi connectivity index (χ0) is 29.0. The first-order valence-corrected chi connectivity index (χ1v) is 14.2. The molecule has 0 aliphatic carbocycles. The number of rotatable bonds is 8. The Bertz CT molecular complexity index is 1340. The van der Waals surface area contributed by atoms with Crippen LogP contribution in [0.4, 0.5) is 10.6 Å². The molecule has 0 unspecified atom stereocenters. The molecule has 1 fully saturated rings. The second kappa shape index (κ2) is 13.3. The molecule has 12 nitrogen and oxygen atoms in total. The van der Waals surface area contributed by atoms with E-state index in [1.165, 1.54) is 30.8 Å². The molecule has 40 heavy (non-hydrogen) atoms. The van der Waals surface area contributed by atoms with Gasteiger partial charge in [0.05, 0.1) is 23.6 Å². The number of benzene rings is 1. The smallest absolute Gasteiger partial charge is 0.410 e. The van der Waals surface area contributed by atoms with Gasteiger partial charge in [0.2, 0.25) is 10.0 Å². The quantitative estimate of drug-likeness (QED) is 0.433. The number of amides is 1. The minimum absolute atomic E-state index is 0. The molecule has 0 N–H and O–H groups in total. The number of ether oxygens (including phenoxy) is 2. The van der Waals surface area contributed by atoms with Crippen molar-refractivity contribution < 1.29 is 27.5 Å². The molecule has 2 aromatic rings. The Labute approximate surface area is 236 Å². The van der Waals surface area contributed by atoms with Crippen molar-refractivity contribution in [1.82, 2.24) is 18.8 Å². The van der Waals surface area contributed by atoms with E-state index < -0.39 is 27.3 Å². The van der Waals surface area contributed by atoms with Gasteiger partial charge < -0.3 is 19.3 Å². The van der Waals surface area contributed by atoms with E-state index in [1.54, 1.807) is 55.8 Å². The molecule has 1 aromatic carbocycles. The summed E-state index contributed by atoms with van der Waals surface area (Å²) in [6.07, 6.45) is 1.47. The predicted molar refractivity (Wildman–Crippen MR) is 152 cm³/mol. The van der Waals surface area contributed by atoms with Crippen LogP contribution in [0.15, 0.2) is 40.2 Å². The molecule has 0 atom stereocenters. The molecule has 222 valence electrons. The van der Waals surface area contributed by atoms with Crippen LogP contribution in [0, 0.1) is 0 Å². The van der Waals surface area contributed by atoms with Crippen molar-refractivity contribution in [2.75, 3.05) is 51.8 Å². The minimum Gasteiger partial charge on any atom is -0.466 e. The van der Waals surface area contributed by atoms with E-state index in [2.05, 4.69) is 4.98 Å². The van der Waals surface area contributed by atoms with Crippen molar-refractivity contribution >= 4 is 27.9 Å². The summed E-state index contributed by atoms with van der Waals surface area (Å²) < 4.78 is 37.9. The molecule has 1 aromatic heterocycles. The number of hydrogen-bond acceptors (Lipinski definition) is 9. The maximum Gasteiger partial charge on any atom is 0.410 e. The monoisotopic (exact) mass is 579 g/mol. The van der Waals surface area contributed by atoms with E-state index in [0.717, 1.165) is 4.31 Å². The van der Waals surface area contributed by atoms with Gasteiger partial charge in [0.1, 0.15) is 5.60 Å². The van der Waals surface area contributed by atoms with Crippen LogP contribution in [0.1, 0.15) is 47.2 Å². The predicted octanol–water partition coefficient (Wildman–Crippen LogP) is 2.67. The average molecular weight is 580 g/mol. The normalized spacial score (nSPS) is 14.1. The van der Waals surface area contributed by atoms with Crippen LogP contribution < -0.4 is 10.5 Å². The van der Waals surface area contributed by atoms with Gasteiger partial charge >= 0.3 is 12.1 Å². The van der Waals surface area contributed by atoms with E-state index >= 15 is 0 Å². The second-order valence-electron chi connectivity index (χ2n) is 10.3. The summed E-state index contributed by atoms with van der Waals surface area (Å²) in [7, 11) is -0.744. The highest BCUT2D eigenvalue weighted by Gasteiger charge is 2.28. The van der Waals surface area contributed by atoms with Gasteiger partial charge in [-0.15, -0.1) is 0 Å². The van der Waals surface area contributed by atoms with Crippen LogP contribution in [0.3, 0.4) is 0 Å². The fourth-order valence-corrected chi connectivity index (χ4v) is 4.83. The maximum absolute atomic E-state index is 13.6. The van der Waals surface area contributed by atoms with Crippen LogP contribution in [0.5, 0.6) is 0 Å². The third-order valence-corrected chi connectivity index (χ3v) is 7.78. The molecule has 0 bridgehead atoms. The van der Waals surface area contributed by atoms with E-state index in [4.69, 9.17) is 9.47 Å². The number of aromatic nitrogens is 2. The van der Waals surface area contributed by atoms with Gasteiger partial charge in [-0.2, -0.15) is 0 Å². The van der Waals surface area contributed by atoms with Crippen molar-refractivity contribution in [2.24, 2.45) is 0 Å². The van der Waals surface area contributed by atoms with Gasteiger partial charge in [0.15, 0.2) is 5.82 Å². The standard InChI is InChI=1S/C26H37N5O7S.CH4/c1-7-37-22(32)13-8-19-18-31(20-9-11-21(12-10-20)39(35,36)28(5)6)24(33)23(27-19)29-14-16-30(17-15-29)25(34)38-26(2,3)4;/h9-12,18H,7-8,13-17H2,1-6H3;1H4. The first-order chi connectivity index (χ1) is 18.2. The summed E-state index contributed by atoms with van der Waals surface area (Å²) in [4.78, 5) is 46.1. The number of piperazine rings is 1. The second-order valence-corrected chi connectivity index (χ2v) is 12.4. The number of carbonyl (C=O) groups excluding carboxylic acids is 2. The largest absolute Gasteiger partial charge is 0.466 e. The van der Waals surface area contributed by atoms with Crippen molar-refractivity contribution in [3.8, 4) is 5.69 Å². The van der Waals surface area contributed by atoms with Gasteiger partial charge in [-0.25, -0.2) is 22.5 Å². The van der Waals surface area contributed by atoms with Crippen LogP contribution in [0.25, 0.3) is 5.69 Å². The van der Waals surface area contributed by atoms with Gasteiger partial charge in [-0.1, -0.05) is 7.43 Å². The minimum atomic E-state index is -3.64. The summed E-state index contributed by atoms with van der Waals surface area (Å²) in [5.74, 6) is -0.187. The summed E-state index contributed by atoms with van der Waals surface area (Å²) in [6.45, 7) is 8.83. The molecule has 3 rings (SSSR count). The highest BCUT2D eigenvalue weighted by atomic mass is 32.2. The third kappa shape index (κ3) is 8.04. The molecule has 2 heterocycles. The summed E-state index contributed by atoms with van der Waals surface area (Å²) in [5.41, 5.74) is -0.0646. The summed E-state index contributed by atoms with van der Waals surface area (Å²) >= 11 is 0. The number of nitrogens with zero attached hydrogens (tertiary/aromatic N) is 5. The Morgan fingerprint density at radius 2 is 1.65 bits per heavy atom. The van der Waals surface area contributed by atoms with Crippen molar-refractivity contribution in [3.05, 3.63) is 46.5 Å². The number of sulfonamides is 1. The van der Waals surface area contributed by atoms with Crippen LogP contribution >= 0.6 is 0 Å². The summed E-state index contributed by atoms with van der Waals surface area (Å²) in [5, 5.41) is 0. The number of anilines is 1. The molecule has 1 saturated heterocycles. The lowest BCUT2D eigenvalue weighted by Gasteiger charge is -2.36. The Hall–Kier alpha value is -3.45. The highest BCUT2D eigenvalue weighted by Crippen LogP contribution is 2.19. The van der Waals surface area contributed by atoms with Crippen molar-refractivity contribution in [3.63, 3.8) is 0 Å². The highest BCUT2D eigenvalue weighted by molar-refractivity contribution is 7.89. The van der Waals surface area contributed by atoms with E-state index in [-0.39, 0.29) is 43.6 Å². The van der Waals surface area contributed by atoms with Gasteiger partial charge in [-0.05, 0) is 52.0 Å². The van der Waals surface area contributed by atoms with E-state index in [9.17, 15) is 22.8 Å². The first kappa shape index (κ1) is 32.8. The van der Waals surface area contributed by atoms with Gasteiger partial charge in [0.25, 0.3) is 5.56 Å². The lowest BCUT2D eigenvalue weighted by Crippen LogP contribution is -2.51. The Morgan fingerprint density at radius 1 is 1.05 bits per heavy atom. The summed E-state index contributed by atoms with van der Waals surface area (Å²) in [6, 6.07) is 5.98. The molecule has 1 aliphatic heterocycles. The molecular formula is C27H41N5O7S.